The van der Waals surface area contributed by atoms with Gasteiger partial charge in [-0.3, -0.25) is 10.1 Å². The Morgan fingerprint density at radius 3 is 2.44 bits per heavy atom. The molecule has 3 N–H and O–H groups in total. The Balaban J connectivity index is 2.01. The molecule has 3 aromatic rings. The van der Waals surface area contributed by atoms with Gasteiger partial charge in [0.05, 0.1) is 28.8 Å². The second-order valence-electron chi connectivity index (χ2n) is 6.82. The highest BCUT2D eigenvalue weighted by atomic mass is 19.4. The largest absolute Gasteiger partial charge is 0.497 e. The number of nitrogens with one attached hydrogen (secondary N) is 1. The van der Waals surface area contributed by atoms with E-state index in [1.54, 1.807) is 24.3 Å². The molecule has 13 heteroatoms. The number of anilines is 3. The number of alkyl halides is 3. The van der Waals surface area contributed by atoms with E-state index in [-0.39, 0.29) is 28.5 Å². The second-order valence-corrected chi connectivity index (χ2v) is 6.82. The number of hydrogen-bond acceptors (Lipinski definition) is 9. The zero-order chi connectivity index (χ0) is 25.0. The van der Waals surface area contributed by atoms with E-state index in [4.69, 9.17) is 10.5 Å². The molecule has 0 aliphatic rings. The lowest BCUT2D eigenvalue weighted by atomic mass is 10.1. The van der Waals surface area contributed by atoms with Crippen molar-refractivity contribution < 1.29 is 22.8 Å². The Bertz CT molecular complexity index is 1320. The lowest BCUT2D eigenvalue weighted by Crippen LogP contribution is -2.06. The number of methoxy groups -OCH3 is 1. The van der Waals surface area contributed by atoms with Crippen LogP contribution in [0.25, 0.3) is 0 Å². The number of hydrogen-bond donors (Lipinski definition) is 2. The van der Waals surface area contributed by atoms with Crippen LogP contribution < -0.4 is 15.8 Å². The minimum atomic E-state index is -4.91. The van der Waals surface area contributed by atoms with Crippen molar-refractivity contribution in [1.82, 2.24) is 4.98 Å². The molecule has 10 nitrogen and oxygen atoms in total. The number of nitriles is 1. The molecule has 174 valence electrons. The number of azo groups is 1. The molecule has 0 spiro atoms. The van der Waals surface area contributed by atoms with Crippen molar-refractivity contribution in [3.05, 3.63) is 69.3 Å². The van der Waals surface area contributed by atoms with Gasteiger partial charge in [0.15, 0.2) is 11.6 Å². The molecule has 0 fully saturated rings. The molecule has 0 aliphatic carbocycles. The summed E-state index contributed by atoms with van der Waals surface area (Å²) in [5.41, 5.74) is 3.96. The molecule has 0 aliphatic heterocycles. The number of nitro groups is 1. The zero-order valence-corrected chi connectivity index (χ0v) is 17.7. The predicted octanol–water partition coefficient (Wildman–Crippen LogP) is 5.94. The summed E-state index contributed by atoms with van der Waals surface area (Å²) < 4.78 is 45.2. The van der Waals surface area contributed by atoms with Gasteiger partial charge in [-0.2, -0.15) is 18.4 Å². The predicted molar refractivity (Wildman–Crippen MR) is 117 cm³/mol. The summed E-state index contributed by atoms with van der Waals surface area (Å²) in [6, 6.07) is 10.8. The van der Waals surface area contributed by atoms with Crippen molar-refractivity contribution in [2.24, 2.45) is 10.2 Å². The Hall–Kier alpha value is -4.73. The molecule has 1 aromatic heterocycles. The first-order valence-electron chi connectivity index (χ1n) is 9.43. The van der Waals surface area contributed by atoms with Gasteiger partial charge in [-0.15, -0.1) is 10.2 Å². The molecule has 0 atom stereocenters. The molecule has 34 heavy (non-hydrogen) atoms. The third kappa shape index (κ3) is 5.01. The first-order chi connectivity index (χ1) is 16.0. The minimum Gasteiger partial charge on any atom is -0.497 e. The third-order valence-electron chi connectivity index (χ3n) is 4.66. The van der Waals surface area contributed by atoms with Crippen LogP contribution in [0.4, 0.5) is 47.6 Å². The number of nitro benzene ring substituents is 1. The van der Waals surface area contributed by atoms with Crippen LogP contribution in [0.3, 0.4) is 0 Å². The van der Waals surface area contributed by atoms with Crippen molar-refractivity contribution in [2.45, 2.75) is 13.1 Å². The van der Waals surface area contributed by atoms with Crippen molar-refractivity contribution in [1.29, 1.82) is 5.26 Å². The van der Waals surface area contributed by atoms with Gasteiger partial charge in [0.25, 0.3) is 5.69 Å². The van der Waals surface area contributed by atoms with E-state index in [9.17, 15) is 28.5 Å². The fraction of sp³-hybridized carbons (Fsp3) is 0.143. The van der Waals surface area contributed by atoms with E-state index in [0.29, 0.717) is 17.5 Å². The topological polar surface area (TPSA) is 152 Å². The minimum absolute atomic E-state index is 0.0544. The molecule has 2 aromatic carbocycles. The average Bonchev–Trinajstić information content (AvgIpc) is 2.78. The number of nitrogens with zero attached hydrogens (tertiary/aromatic N) is 5. The molecule has 3 rings (SSSR count). The molecule has 0 unspecified atom stereocenters. The van der Waals surface area contributed by atoms with Crippen LogP contribution in [0.5, 0.6) is 5.75 Å². The molecule has 0 amide bonds. The van der Waals surface area contributed by atoms with Crippen LogP contribution in [0, 0.1) is 28.4 Å². The maximum absolute atomic E-state index is 13.4. The normalized spacial score (nSPS) is 11.3. The number of pyridine rings is 1. The van der Waals surface area contributed by atoms with Crippen LogP contribution in [-0.2, 0) is 6.18 Å². The SMILES string of the molecule is COc1ccc(Nc2nc(N)c(N=Nc3ccc([N+](=O)[O-])cc3C(F)(F)F)c(C)c2C#N)cc1. The number of nitrogens with two attached hydrogens (primary N) is 1. The van der Waals surface area contributed by atoms with Gasteiger partial charge in [0, 0.05) is 23.4 Å². The summed E-state index contributed by atoms with van der Waals surface area (Å²) in [4.78, 5) is 14.0. The summed E-state index contributed by atoms with van der Waals surface area (Å²) in [6.45, 7) is 1.49. The lowest BCUT2D eigenvalue weighted by molar-refractivity contribution is -0.385. The summed E-state index contributed by atoms with van der Waals surface area (Å²) in [7, 11) is 1.52. The first kappa shape index (κ1) is 23.9. The van der Waals surface area contributed by atoms with Crippen LogP contribution >= 0.6 is 0 Å². The summed E-state index contributed by atoms with van der Waals surface area (Å²) >= 11 is 0. The Kier molecular flexibility index (Phi) is 6.62. The number of aromatic nitrogens is 1. The molecule has 0 bridgehead atoms. The summed E-state index contributed by atoms with van der Waals surface area (Å²) in [5, 5.41) is 30.8. The zero-order valence-electron chi connectivity index (χ0n) is 17.7. The van der Waals surface area contributed by atoms with Crippen LogP contribution in [0.1, 0.15) is 16.7 Å². The van der Waals surface area contributed by atoms with Crippen LogP contribution in [0.2, 0.25) is 0 Å². The van der Waals surface area contributed by atoms with Gasteiger partial charge in [0.1, 0.15) is 17.5 Å². The van der Waals surface area contributed by atoms with Crippen molar-refractivity contribution >= 4 is 34.4 Å². The number of ether oxygens (including phenoxy) is 1. The Morgan fingerprint density at radius 2 is 1.88 bits per heavy atom. The molecule has 0 radical (unpaired) electrons. The fourth-order valence-electron chi connectivity index (χ4n) is 2.94. The van der Waals surface area contributed by atoms with Gasteiger partial charge in [-0.05, 0) is 37.3 Å². The average molecular weight is 471 g/mol. The maximum Gasteiger partial charge on any atom is 0.418 e. The quantitative estimate of drug-likeness (QED) is 0.256. The van der Waals surface area contributed by atoms with Crippen molar-refractivity contribution in [3.63, 3.8) is 0 Å². The number of halogens is 3. The van der Waals surface area contributed by atoms with E-state index < -0.39 is 28.0 Å². The van der Waals surface area contributed by atoms with Gasteiger partial charge in [-0.25, -0.2) is 4.98 Å². The van der Waals surface area contributed by atoms with E-state index in [0.717, 1.165) is 12.1 Å². The standard InChI is InChI=1S/C21H16F3N7O3/c1-11-15(10-25)20(27-12-3-6-14(34-2)7-4-12)28-19(26)18(11)30-29-17-8-5-13(31(32)33)9-16(17)21(22,23)24/h3-9H,1-2H3,(H3,26,27,28). The maximum atomic E-state index is 13.4. The third-order valence-corrected chi connectivity index (χ3v) is 4.66. The smallest absolute Gasteiger partial charge is 0.418 e. The number of rotatable bonds is 6. The van der Waals surface area contributed by atoms with Gasteiger partial charge >= 0.3 is 6.18 Å². The molecular formula is C21H16F3N7O3. The molecule has 0 saturated carbocycles. The number of non-ortho nitro benzene ring substituents is 1. The highest BCUT2D eigenvalue weighted by molar-refractivity contribution is 5.75. The Labute approximate surface area is 190 Å². The molecule has 1 heterocycles. The highest BCUT2D eigenvalue weighted by Crippen LogP contribution is 2.40. The van der Waals surface area contributed by atoms with E-state index >= 15 is 0 Å². The molecule has 0 saturated heterocycles. The number of nitrogen functional groups attached to an aromatic ring is 1. The summed E-state index contributed by atoms with van der Waals surface area (Å²) in [5.74, 6) is 0.551. The summed E-state index contributed by atoms with van der Waals surface area (Å²) in [6.07, 6.45) is -4.91. The van der Waals surface area contributed by atoms with Crippen LogP contribution in [0.15, 0.2) is 52.7 Å². The second kappa shape index (κ2) is 9.41. The first-order valence-corrected chi connectivity index (χ1v) is 9.43. The highest BCUT2D eigenvalue weighted by Gasteiger charge is 2.35. The van der Waals surface area contributed by atoms with Crippen LogP contribution in [-0.4, -0.2) is 17.0 Å². The van der Waals surface area contributed by atoms with Gasteiger partial charge < -0.3 is 15.8 Å². The van der Waals surface area contributed by atoms with E-state index in [1.807, 2.05) is 6.07 Å². The monoisotopic (exact) mass is 471 g/mol. The van der Waals surface area contributed by atoms with E-state index in [2.05, 4.69) is 20.5 Å². The number of benzene rings is 2. The van der Waals surface area contributed by atoms with E-state index in [1.165, 1.54) is 14.0 Å². The van der Waals surface area contributed by atoms with Crippen molar-refractivity contribution in [3.8, 4) is 11.8 Å². The van der Waals surface area contributed by atoms with Crippen molar-refractivity contribution in [2.75, 3.05) is 18.2 Å². The molecular weight excluding hydrogens is 455 g/mol. The fourth-order valence-corrected chi connectivity index (χ4v) is 2.94. The Morgan fingerprint density at radius 1 is 1.21 bits per heavy atom. The van der Waals surface area contributed by atoms with Gasteiger partial charge in [-0.1, -0.05) is 0 Å². The van der Waals surface area contributed by atoms with Gasteiger partial charge in [0.2, 0.25) is 0 Å². The lowest BCUT2D eigenvalue weighted by Gasteiger charge is -2.13.